The van der Waals surface area contributed by atoms with Crippen molar-refractivity contribution in [3.8, 4) is 6.07 Å². The highest BCUT2D eigenvalue weighted by atomic mass is 16.2. The van der Waals surface area contributed by atoms with Gasteiger partial charge in [-0.25, -0.2) is 0 Å². The average Bonchev–Trinajstić information content (AvgIpc) is 2.69. The zero-order valence-electron chi connectivity index (χ0n) is 17.1. The third-order valence-corrected chi connectivity index (χ3v) is 7.00. The summed E-state index contributed by atoms with van der Waals surface area (Å²) in [6.07, 6.45) is 5.53. The predicted octanol–water partition coefficient (Wildman–Crippen LogP) is 3.72. The molecule has 2 heterocycles. The number of carbonyl (C=O) groups is 1. The fourth-order valence-corrected chi connectivity index (χ4v) is 5.47. The Bertz CT molecular complexity index is 1030. The molecule has 2 aromatic rings. The Morgan fingerprint density at radius 1 is 1.28 bits per heavy atom. The van der Waals surface area contributed by atoms with Crippen molar-refractivity contribution < 1.29 is 4.79 Å². The Balaban J connectivity index is 1.57. The molecule has 1 saturated heterocycles. The minimum Gasteiger partial charge on any atom is -0.332 e. The Morgan fingerprint density at radius 2 is 2.03 bits per heavy atom. The smallest absolute Gasteiger partial charge is 0.266 e. The highest BCUT2D eigenvalue weighted by Crippen LogP contribution is 2.54. The zero-order chi connectivity index (χ0) is 20.6. The van der Waals surface area contributed by atoms with Crippen LogP contribution in [0.3, 0.4) is 0 Å². The van der Waals surface area contributed by atoms with Gasteiger partial charge in [0.2, 0.25) is 5.91 Å². The van der Waals surface area contributed by atoms with Gasteiger partial charge in [-0.3, -0.25) is 9.59 Å². The van der Waals surface area contributed by atoms with Gasteiger partial charge in [0.05, 0.1) is 5.54 Å². The van der Waals surface area contributed by atoms with Crippen molar-refractivity contribution in [3.05, 3.63) is 68.6 Å². The Morgan fingerprint density at radius 3 is 2.72 bits per heavy atom. The van der Waals surface area contributed by atoms with Gasteiger partial charge in [0.15, 0.2) is 0 Å². The summed E-state index contributed by atoms with van der Waals surface area (Å²) in [4.78, 5) is 30.1. The summed E-state index contributed by atoms with van der Waals surface area (Å²) >= 11 is 0. The summed E-state index contributed by atoms with van der Waals surface area (Å²) in [6.45, 7) is 4.47. The first-order chi connectivity index (χ1) is 14.0. The molecule has 2 aliphatic rings. The van der Waals surface area contributed by atoms with Crippen LogP contribution in [-0.2, 0) is 16.8 Å². The molecule has 0 spiro atoms. The van der Waals surface area contributed by atoms with Gasteiger partial charge < -0.3 is 9.88 Å². The number of H-pyrrole nitrogens is 1. The number of fused-ring (bicyclic) bond motifs is 1. The first-order valence-corrected chi connectivity index (χ1v) is 10.5. The van der Waals surface area contributed by atoms with E-state index in [9.17, 15) is 14.9 Å². The molecule has 5 heteroatoms. The number of rotatable bonds is 4. The summed E-state index contributed by atoms with van der Waals surface area (Å²) in [5.41, 5.74) is 3.25. The van der Waals surface area contributed by atoms with E-state index in [-0.39, 0.29) is 22.6 Å². The van der Waals surface area contributed by atoms with Crippen LogP contribution >= 0.6 is 0 Å². The summed E-state index contributed by atoms with van der Waals surface area (Å²) in [7, 11) is 0. The van der Waals surface area contributed by atoms with Crippen LogP contribution in [0.1, 0.15) is 60.1 Å². The van der Waals surface area contributed by atoms with Crippen LogP contribution in [0.25, 0.3) is 0 Å². The number of nitriles is 1. The topological polar surface area (TPSA) is 77.0 Å². The Labute approximate surface area is 171 Å². The van der Waals surface area contributed by atoms with Gasteiger partial charge in [0.25, 0.3) is 5.56 Å². The van der Waals surface area contributed by atoms with Crippen molar-refractivity contribution in [1.29, 1.82) is 5.26 Å². The molecule has 1 saturated carbocycles. The van der Waals surface area contributed by atoms with Crippen molar-refractivity contribution in [2.24, 2.45) is 5.92 Å². The summed E-state index contributed by atoms with van der Waals surface area (Å²) in [5, 5.41) is 9.27. The van der Waals surface area contributed by atoms with E-state index in [0.717, 1.165) is 30.6 Å². The van der Waals surface area contributed by atoms with Crippen LogP contribution in [0.2, 0.25) is 0 Å². The normalized spacial score (nSPS) is 23.1. The number of aryl methyl sites for hydroxylation is 1. The maximum absolute atomic E-state index is 13.3. The number of carbonyl (C=O) groups excluding carboxylic acids is 1. The maximum Gasteiger partial charge on any atom is 0.266 e. The average molecular weight is 389 g/mol. The van der Waals surface area contributed by atoms with E-state index in [1.807, 2.05) is 19.1 Å². The van der Waals surface area contributed by atoms with Crippen molar-refractivity contribution >= 4 is 5.91 Å². The predicted molar refractivity (Wildman–Crippen MR) is 111 cm³/mol. The molecule has 1 amide bonds. The number of nitrogens with zero attached hydrogens (tertiary/aromatic N) is 2. The maximum atomic E-state index is 13.3. The van der Waals surface area contributed by atoms with E-state index in [1.54, 1.807) is 6.92 Å². The monoisotopic (exact) mass is 389 g/mol. The SMILES string of the molecule is Cc1[nH]c(=O)c(C#N)c(C)c1CCC(=O)N1CC2CCCCC21c1ccccc1. The highest BCUT2D eigenvalue weighted by molar-refractivity contribution is 5.79. The van der Waals surface area contributed by atoms with E-state index in [2.05, 4.69) is 34.1 Å². The van der Waals surface area contributed by atoms with Crippen molar-refractivity contribution in [3.63, 3.8) is 0 Å². The van der Waals surface area contributed by atoms with Gasteiger partial charge in [-0.15, -0.1) is 0 Å². The van der Waals surface area contributed by atoms with Gasteiger partial charge in [-0.1, -0.05) is 43.2 Å². The molecule has 0 bridgehead atoms. The number of benzene rings is 1. The molecule has 4 rings (SSSR count). The molecule has 1 aromatic carbocycles. The van der Waals surface area contributed by atoms with Gasteiger partial charge in [-0.2, -0.15) is 5.26 Å². The van der Waals surface area contributed by atoms with E-state index in [0.29, 0.717) is 24.3 Å². The number of nitrogens with one attached hydrogen (secondary N) is 1. The van der Waals surface area contributed by atoms with Crippen molar-refractivity contribution in [1.82, 2.24) is 9.88 Å². The van der Waals surface area contributed by atoms with Crippen molar-refractivity contribution in [2.45, 2.75) is 57.9 Å². The Hall–Kier alpha value is -2.87. The first kappa shape index (κ1) is 19.4. The number of aromatic nitrogens is 1. The number of amides is 1. The van der Waals surface area contributed by atoms with Gasteiger partial charge in [0, 0.05) is 24.6 Å². The van der Waals surface area contributed by atoms with Crippen LogP contribution in [-0.4, -0.2) is 22.3 Å². The van der Waals surface area contributed by atoms with Crippen LogP contribution in [0, 0.1) is 31.1 Å². The molecule has 29 heavy (non-hydrogen) atoms. The zero-order valence-corrected chi connectivity index (χ0v) is 17.1. The molecular formula is C24H27N3O2. The lowest BCUT2D eigenvalue weighted by atomic mass is 9.61. The lowest BCUT2D eigenvalue weighted by molar-refractivity contribution is -0.166. The third kappa shape index (κ3) is 3.07. The second kappa shape index (κ2) is 7.51. The summed E-state index contributed by atoms with van der Waals surface area (Å²) in [6, 6.07) is 12.5. The van der Waals surface area contributed by atoms with E-state index in [1.165, 1.54) is 18.4 Å². The summed E-state index contributed by atoms with van der Waals surface area (Å²) in [5.74, 6) is 0.708. The number of pyridine rings is 1. The molecule has 2 atom stereocenters. The largest absolute Gasteiger partial charge is 0.332 e. The molecule has 1 aliphatic carbocycles. The van der Waals surface area contributed by atoms with E-state index in [4.69, 9.17) is 0 Å². The van der Waals surface area contributed by atoms with Gasteiger partial charge >= 0.3 is 0 Å². The highest BCUT2D eigenvalue weighted by Gasteiger charge is 2.56. The number of aromatic amines is 1. The lowest BCUT2D eigenvalue weighted by Crippen LogP contribution is -2.67. The van der Waals surface area contributed by atoms with Crippen molar-refractivity contribution in [2.75, 3.05) is 6.54 Å². The summed E-state index contributed by atoms with van der Waals surface area (Å²) < 4.78 is 0. The Kier molecular flexibility index (Phi) is 5.04. The minimum atomic E-state index is -0.353. The second-order valence-corrected chi connectivity index (χ2v) is 8.41. The molecular weight excluding hydrogens is 362 g/mol. The van der Waals surface area contributed by atoms with Gasteiger partial charge in [-0.05, 0) is 49.8 Å². The number of hydrogen-bond donors (Lipinski definition) is 1. The van der Waals surface area contributed by atoms with Gasteiger partial charge in [0.1, 0.15) is 11.6 Å². The fraction of sp³-hybridized carbons (Fsp3) is 0.458. The van der Waals surface area contributed by atoms with Crippen LogP contribution in [0.5, 0.6) is 0 Å². The number of hydrogen-bond acceptors (Lipinski definition) is 3. The molecule has 2 unspecified atom stereocenters. The quantitative estimate of drug-likeness (QED) is 0.866. The third-order valence-electron chi connectivity index (χ3n) is 7.00. The fourth-order valence-electron chi connectivity index (χ4n) is 5.47. The molecule has 5 nitrogen and oxygen atoms in total. The van der Waals surface area contributed by atoms with E-state index < -0.39 is 0 Å². The molecule has 1 aromatic heterocycles. The minimum absolute atomic E-state index is 0.148. The van der Waals surface area contributed by atoms with E-state index >= 15 is 0 Å². The molecule has 150 valence electrons. The molecule has 1 N–H and O–H groups in total. The molecule has 2 fully saturated rings. The lowest BCUT2D eigenvalue weighted by Gasteiger charge is -2.61. The second-order valence-electron chi connectivity index (χ2n) is 8.41. The first-order valence-electron chi connectivity index (χ1n) is 10.5. The molecule has 1 aliphatic heterocycles. The van der Waals surface area contributed by atoms with Crippen LogP contribution in [0.15, 0.2) is 35.1 Å². The molecule has 0 radical (unpaired) electrons. The van der Waals surface area contributed by atoms with Crippen LogP contribution < -0.4 is 5.56 Å². The number of likely N-dealkylation sites (tertiary alicyclic amines) is 1. The standard InChI is InChI=1S/C24H27N3O2/c1-16-20(17(2)26-23(29)21(16)14-25)11-12-22(28)27-15-19-10-6-7-13-24(19,27)18-8-4-3-5-9-18/h3-5,8-9,19H,6-7,10-13,15H2,1-2H3,(H,26,29). The van der Waals surface area contributed by atoms with Crippen LogP contribution in [0.4, 0.5) is 0 Å².